The van der Waals surface area contributed by atoms with Crippen molar-refractivity contribution in [3.05, 3.63) is 376 Å². The number of thiophene rings is 2. The zero-order valence-corrected chi connectivity index (χ0v) is 68.0. The van der Waals surface area contributed by atoms with E-state index >= 15 is 0 Å². The van der Waals surface area contributed by atoms with E-state index in [1.807, 2.05) is 28.7 Å². The average molecular weight is 1630 g/mol. The predicted octanol–water partition coefficient (Wildman–Crippen LogP) is 32.0. The fourth-order valence-corrected chi connectivity index (χ4v) is 24.1. The van der Waals surface area contributed by atoms with Crippen LogP contribution >= 0.6 is 22.7 Å². The molecule has 11 aromatic heterocycles. The van der Waals surface area contributed by atoms with Crippen LogP contribution in [0.25, 0.3) is 282 Å². The fraction of sp³-hybridized carbons (Fsp3) is 0. The lowest BCUT2D eigenvalue weighted by atomic mass is 9.99. The van der Waals surface area contributed by atoms with Crippen molar-refractivity contribution in [3.8, 4) is 45.3 Å². The van der Waals surface area contributed by atoms with Crippen molar-refractivity contribution in [2.75, 3.05) is 0 Å². The van der Waals surface area contributed by atoms with Gasteiger partial charge >= 0.3 is 0 Å². The molecule has 0 unspecified atom stereocenters. The highest BCUT2D eigenvalue weighted by Crippen LogP contribution is 2.51. The molecule has 576 valence electrons. The molecule has 125 heavy (non-hydrogen) atoms. The van der Waals surface area contributed by atoms with Crippen molar-refractivity contribution >= 4 is 260 Å². The van der Waals surface area contributed by atoms with E-state index in [-0.39, 0.29) is 0 Å². The molecule has 0 aliphatic carbocycles. The van der Waals surface area contributed by atoms with E-state index < -0.39 is 0 Å². The van der Waals surface area contributed by atoms with Crippen LogP contribution in [-0.2, 0) is 0 Å². The normalized spacial score (nSPS) is 12.6. The molecule has 0 aliphatic rings. The third-order valence-electron chi connectivity index (χ3n) is 27.2. The van der Waals surface area contributed by atoms with Gasteiger partial charge in [-0.2, -0.15) is 0 Å². The topological polar surface area (TPSA) is 69.0 Å². The Balaban J connectivity index is 0.535. The molecule has 0 fully saturated rings. The minimum atomic E-state index is 0.828. The molecular weight excluding hydrogens is 1570 g/mol. The van der Waals surface area contributed by atoms with Crippen LogP contribution in [0.15, 0.2) is 377 Å². The Bertz CT molecular complexity index is 10100. The van der Waals surface area contributed by atoms with Gasteiger partial charge in [-0.25, -0.2) is 0 Å². The molecule has 0 bridgehead atoms. The molecule has 30 rings (SSSR count). The van der Waals surface area contributed by atoms with Gasteiger partial charge in [-0.1, -0.05) is 158 Å². The van der Waals surface area contributed by atoms with E-state index in [2.05, 4.69) is 397 Å². The highest BCUT2D eigenvalue weighted by atomic mass is 32.1. The van der Waals surface area contributed by atoms with Crippen LogP contribution < -0.4 is 0 Å². The van der Waals surface area contributed by atoms with Crippen molar-refractivity contribution in [2.24, 2.45) is 0 Å². The summed E-state index contributed by atoms with van der Waals surface area (Å²) < 4.78 is 41.2. The molecule has 0 saturated heterocycles. The third-order valence-corrected chi connectivity index (χ3v) is 29.5. The molecule has 0 spiro atoms. The first-order valence-corrected chi connectivity index (χ1v) is 44.0. The van der Waals surface area contributed by atoms with Crippen molar-refractivity contribution in [1.82, 2.24) is 27.4 Å². The number of para-hydroxylation sites is 8. The smallest absolute Gasteiger partial charge is 0.145 e. The average Bonchev–Trinajstić information content (AvgIpc) is 1.55. The minimum Gasteiger partial charge on any atom is -0.456 e. The molecule has 0 saturated carbocycles. The summed E-state index contributed by atoms with van der Waals surface area (Å²) in [5.74, 6) is 0. The predicted molar refractivity (Wildman–Crippen MR) is 523 cm³/mol. The first-order valence-electron chi connectivity index (χ1n) is 42.4. The Kier molecular flexibility index (Phi) is 12.9. The second-order valence-electron chi connectivity index (χ2n) is 33.5. The van der Waals surface area contributed by atoms with E-state index in [4.69, 9.17) is 13.3 Å². The summed E-state index contributed by atoms with van der Waals surface area (Å²) in [6.45, 7) is 0. The SMILES string of the molecule is c1ccc2c3ccccc3n(-c3ccc4sc5ccc(-n6c7ccccc7c7c8oc9c(ccc%10c9c9ccccc9n%10-c9ccc%10oc%11ccc(-c%12cccc%13c%14ccccc%14n(-c%14ccc%15sc%16ccc(-n%17c%18ccccc%18c%18c%19oc%20c(ccc%21c%20c%20ccccc%20n%21-c%20ccccc%20)c%19ccc%18%17)cc%16c%15c%14)c%12%13)cc%11c%10c9)c8ccc76)cc5c4c3)c2c#1. The molecule has 0 radical (unpaired) electrons. The molecule has 9 nitrogen and oxygen atoms in total. The van der Waals surface area contributed by atoms with Crippen LogP contribution in [-0.4, -0.2) is 27.4 Å². The van der Waals surface area contributed by atoms with E-state index in [0.29, 0.717) is 0 Å². The number of hydrogen-bond acceptors (Lipinski definition) is 5. The second-order valence-corrected chi connectivity index (χ2v) is 35.7. The number of benzene rings is 18. The molecule has 0 amide bonds. The van der Waals surface area contributed by atoms with Gasteiger partial charge in [0.15, 0.2) is 0 Å². The quantitative estimate of drug-likeness (QED) is 0.160. The van der Waals surface area contributed by atoms with Gasteiger partial charge in [-0.15, -0.1) is 22.7 Å². The van der Waals surface area contributed by atoms with Crippen LogP contribution in [0.1, 0.15) is 0 Å². The monoisotopic (exact) mass is 1620 g/mol. The minimum absolute atomic E-state index is 0.828. The Labute approximate surface area is 716 Å². The zero-order chi connectivity index (χ0) is 80.9. The number of aromatic nitrogens is 6. The van der Waals surface area contributed by atoms with E-state index in [0.717, 1.165) is 215 Å². The molecule has 0 atom stereocenters. The van der Waals surface area contributed by atoms with Crippen LogP contribution in [0.5, 0.6) is 0 Å². The Morgan fingerprint density at radius 3 is 1.02 bits per heavy atom. The zero-order valence-electron chi connectivity index (χ0n) is 66.4. The van der Waals surface area contributed by atoms with E-state index in [9.17, 15) is 0 Å². The first kappa shape index (κ1) is 66.4. The largest absolute Gasteiger partial charge is 0.456 e. The summed E-state index contributed by atoms with van der Waals surface area (Å²) in [6, 6.07) is 141. The van der Waals surface area contributed by atoms with Crippen LogP contribution in [0.4, 0.5) is 0 Å². The number of nitrogens with zero attached hydrogens (tertiary/aromatic N) is 6. The standard InChI is InChI=1S/C114H60N6O3S2/c1-2-19-64(20-3-1)115-92-33-14-7-24-79(92)106-96(115)47-43-75-76-45-49-98-108(113(76)122-111(75)106)81-26-9-17-36-95(81)119(98)68-41-55-104-87(61-68)88-62-69(42-56-105(88)125-104)120-91-32-13-6-23-73(91)74-29-18-28-70(110(74)120)63-37-51-100-83(57-63)84-58-65(38-52-101(84)121-100)117-93-34-15-8-25-80(93)107-97(117)48-44-77-78-46-50-99-109(114(78)123-112(77)107)82-27-10-16-35-94(82)118(99)67-40-54-103-86(60-67)85-59-66(39-53-102(85)124-103)116-89-30-11-4-21-71(89)72-22-5-12-31-90(72)116/h1-11,13-30,32-62H. The van der Waals surface area contributed by atoms with Crippen molar-refractivity contribution in [1.29, 1.82) is 0 Å². The summed E-state index contributed by atoms with van der Waals surface area (Å²) >= 11 is 3.69. The van der Waals surface area contributed by atoms with Crippen LogP contribution in [0.2, 0.25) is 0 Å². The van der Waals surface area contributed by atoms with Gasteiger partial charge < -0.3 is 40.7 Å². The highest BCUT2D eigenvalue weighted by Gasteiger charge is 2.29. The van der Waals surface area contributed by atoms with E-state index in [1.165, 1.54) is 67.3 Å². The maximum atomic E-state index is 7.54. The van der Waals surface area contributed by atoms with Crippen molar-refractivity contribution in [2.45, 2.75) is 0 Å². The number of fused-ring (bicyclic) bond motifs is 37. The number of rotatable bonds is 7. The second kappa shape index (κ2) is 24.3. The van der Waals surface area contributed by atoms with Gasteiger partial charge in [0, 0.05) is 155 Å². The summed E-state index contributed by atoms with van der Waals surface area (Å²) in [7, 11) is 0. The lowest BCUT2D eigenvalue weighted by Crippen LogP contribution is -1.95. The highest BCUT2D eigenvalue weighted by molar-refractivity contribution is 7.26. The summed E-state index contributed by atoms with van der Waals surface area (Å²) in [4.78, 5) is 0. The Morgan fingerprint density at radius 1 is 0.208 bits per heavy atom. The molecule has 19 aromatic carbocycles. The van der Waals surface area contributed by atoms with Gasteiger partial charge in [-0.05, 0) is 224 Å². The van der Waals surface area contributed by atoms with Gasteiger partial charge in [0.25, 0.3) is 0 Å². The summed E-state index contributed by atoms with van der Waals surface area (Å²) in [5, 5.41) is 25.1. The molecule has 11 heterocycles. The maximum absolute atomic E-state index is 7.54. The number of furan rings is 3. The summed E-state index contributed by atoms with van der Waals surface area (Å²) in [6.07, 6.45) is 0. The Hall–Kier alpha value is -16.4. The van der Waals surface area contributed by atoms with Crippen LogP contribution in [0.3, 0.4) is 0 Å². The molecule has 0 N–H and O–H groups in total. The van der Waals surface area contributed by atoms with Crippen LogP contribution in [0, 0.1) is 12.1 Å². The maximum Gasteiger partial charge on any atom is 0.145 e. The third kappa shape index (κ3) is 8.84. The lowest BCUT2D eigenvalue weighted by molar-refractivity contribution is 0.669. The molecule has 0 aliphatic heterocycles. The van der Waals surface area contributed by atoms with Gasteiger partial charge in [0.1, 0.15) is 39.0 Å². The first-order chi connectivity index (χ1) is 62.0. The van der Waals surface area contributed by atoms with Gasteiger partial charge in [0.05, 0.1) is 82.2 Å². The lowest BCUT2D eigenvalue weighted by Gasteiger charge is -2.12. The van der Waals surface area contributed by atoms with Crippen molar-refractivity contribution < 1.29 is 13.3 Å². The van der Waals surface area contributed by atoms with Crippen molar-refractivity contribution in [3.63, 3.8) is 0 Å². The van der Waals surface area contributed by atoms with Gasteiger partial charge in [-0.3, -0.25) is 0 Å². The summed E-state index contributed by atoms with van der Waals surface area (Å²) in [5.41, 5.74) is 27.3. The molecular formula is C114H60N6O3S2. The molecule has 11 heteroatoms. The number of hydrogen-bond donors (Lipinski definition) is 0. The molecule has 30 aromatic rings. The van der Waals surface area contributed by atoms with Gasteiger partial charge in [0.2, 0.25) is 0 Å². The fourth-order valence-electron chi connectivity index (χ4n) is 22.0. The van der Waals surface area contributed by atoms with E-state index in [1.54, 1.807) is 0 Å². The Morgan fingerprint density at radius 2 is 0.560 bits per heavy atom.